The van der Waals surface area contributed by atoms with Crippen molar-refractivity contribution in [1.29, 1.82) is 0 Å². The SMILES string of the molecule is CCCCCCCCC(CCCCO)C1CCCC(c2cccc(-c3ccc4c(c3)C(C)(C)CCC4(C)C)n2)CC1. The van der Waals surface area contributed by atoms with Crippen molar-refractivity contribution >= 4 is 0 Å². The maximum absolute atomic E-state index is 9.40. The van der Waals surface area contributed by atoms with Crippen molar-refractivity contribution in [3.8, 4) is 11.3 Å². The molecule has 41 heavy (non-hydrogen) atoms. The van der Waals surface area contributed by atoms with E-state index in [0.717, 1.165) is 24.0 Å². The minimum Gasteiger partial charge on any atom is -0.396 e. The zero-order chi connectivity index (χ0) is 29.3. The number of fused-ring (bicyclic) bond motifs is 1. The number of hydrogen-bond acceptors (Lipinski definition) is 2. The van der Waals surface area contributed by atoms with Gasteiger partial charge in [0, 0.05) is 23.8 Å². The highest BCUT2D eigenvalue weighted by Crippen LogP contribution is 2.47. The van der Waals surface area contributed by atoms with Crippen LogP contribution in [-0.2, 0) is 10.8 Å². The minimum absolute atomic E-state index is 0.220. The van der Waals surface area contributed by atoms with Crippen LogP contribution in [0.25, 0.3) is 11.3 Å². The Morgan fingerprint density at radius 3 is 2.24 bits per heavy atom. The third-order valence-electron chi connectivity index (χ3n) is 10.9. The maximum atomic E-state index is 9.40. The molecule has 2 aromatic rings. The second kappa shape index (κ2) is 15.2. The van der Waals surface area contributed by atoms with Crippen molar-refractivity contribution in [3.05, 3.63) is 53.2 Å². The molecule has 0 radical (unpaired) electrons. The number of nitrogens with zero attached hydrogens (tertiary/aromatic N) is 1. The molecule has 1 fully saturated rings. The van der Waals surface area contributed by atoms with E-state index in [0.29, 0.717) is 12.5 Å². The normalized spacial score (nSPS) is 22.6. The molecule has 2 aliphatic carbocycles. The van der Waals surface area contributed by atoms with E-state index < -0.39 is 0 Å². The van der Waals surface area contributed by atoms with Crippen LogP contribution >= 0.6 is 0 Å². The Morgan fingerprint density at radius 1 is 0.780 bits per heavy atom. The van der Waals surface area contributed by atoms with Gasteiger partial charge in [-0.3, -0.25) is 4.98 Å². The Hall–Kier alpha value is -1.67. The summed E-state index contributed by atoms with van der Waals surface area (Å²) in [5.74, 6) is 2.28. The largest absolute Gasteiger partial charge is 0.396 e. The Bertz CT molecular complexity index is 1070. The molecule has 2 nitrogen and oxygen atoms in total. The van der Waals surface area contributed by atoms with Crippen LogP contribution in [0.4, 0.5) is 0 Å². The quantitative estimate of drug-likeness (QED) is 0.184. The summed E-state index contributed by atoms with van der Waals surface area (Å²) in [5.41, 5.74) is 7.26. The number of benzene rings is 1. The highest BCUT2D eigenvalue weighted by molar-refractivity contribution is 5.63. The van der Waals surface area contributed by atoms with Gasteiger partial charge in [-0.2, -0.15) is 0 Å². The number of aliphatic hydroxyl groups excluding tert-OH is 1. The predicted octanol–water partition coefficient (Wildman–Crippen LogP) is 11.3. The van der Waals surface area contributed by atoms with Crippen LogP contribution in [0.15, 0.2) is 36.4 Å². The summed E-state index contributed by atoms with van der Waals surface area (Å²) in [6, 6.07) is 14.0. The highest BCUT2D eigenvalue weighted by atomic mass is 16.2. The Balaban J connectivity index is 1.43. The molecular weight excluding hydrogens is 498 g/mol. The van der Waals surface area contributed by atoms with E-state index in [9.17, 15) is 5.11 Å². The van der Waals surface area contributed by atoms with E-state index in [1.165, 1.54) is 125 Å². The number of rotatable bonds is 14. The average molecular weight is 560 g/mol. The Kier molecular flexibility index (Phi) is 11.9. The zero-order valence-corrected chi connectivity index (χ0v) is 27.3. The van der Waals surface area contributed by atoms with Crippen molar-refractivity contribution in [1.82, 2.24) is 4.98 Å². The fourth-order valence-corrected chi connectivity index (χ4v) is 8.01. The molecule has 0 bridgehead atoms. The van der Waals surface area contributed by atoms with E-state index in [4.69, 9.17) is 4.98 Å². The van der Waals surface area contributed by atoms with Crippen LogP contribution in [0.3, 0.4) is 0 Å². The van der Waals surface area contributed by atoms with Crippen molar-refractivity contribution in [3.63, 3.8) is 0 Å². The number of pyridine rings is 1. The van der Waals surface area contributed by atoms with E-state index in [2.05, 4.69) is 71.0 Å². The number of aliphatic hydroxyl groups is 1. The van der Waals surface area contributed by atoms with E-state index in [1.807, 2.05) is 0 Å². The third-order valence-corrected chi connectivity index (χ3v) is 10.9. The van der Waals surface area contributed by atoms with Crippen molar-refractivity contribution in [2.75, 3.05) is 6.61 Å². The fraction of sp³-hybridized carbons (Fsp3) is 0.718. The molecule has 1 heterocycles. The van der Waals surface area contributed by atoms with Crippen LogP contribution in [-0.4, -0.2) is 16.7 Å². The smallest absolute Gasteiger partial charge is 0.0705 e. The molecule has 2 heteroatoms. The van der Waals surface area contributed by atoms with E-state index in [-0.39, 0.29) is 10.8 Å². The molecule has 3 unspecified atom stereocenters. The topological polar surface area (TPSA) is 33.1 Å². The van der Waals surface area contributed by atoms with Crippen molar-refractivity contribution in [2.45, 2.75) is 161 Å². The van der Waals surface area contributed by atoms with Crippen LogP contribution in [0.2, 0.25) is 0 Å². The molecule has 0 amide bonds. The van der Waals surface area contributed by atoms with E-state index >= 15 is 0 Å². The number of aromatic nitrogens is 1. The first kappa shape index (κ1) is 32.2. The van der Waals surface area contributed by atoms with Gasteiger partial charge >= 0.3 is 0 Å². The zero-order valence-electron chi connectivity index (χ0n) is 27.3. The summed E-state index contributed by atoms with van der Waals surface area (Å²) in [7, 11) is 0. The van der Waals surface area contributed by atoms with Gasteiger partial charge < -0.3 is 5.11 Å². The van der Waals surface area contributed by atoms with Gasteiger partial charge in [-0.05, 0) is 90.5 Å². The van der Waals surface area contributed by atoms with E-state index in [1.54, 1.807) is 0 Å². The van der Waals surface area contributed by atoms with Crippen molar-refractivity contribution < 1.29 is 5.11 Å². The molecule has 0 aliphatic heterocycles. The molecule has 1 saturated carbocycles. The van der Waals surface area contributed by atoms with Gasteiger partial charge in [-0.1, -0.05) is 123 Å². The first-order valence-electron chi connectivity index (χ1n) is 17.5. The van der Waals surface area contributed by atoms with Gasteiger partial charge in [-0.25, -0.2) is 0 Å². The monoisotopic (exact) mass is 559 g/mol. The lowest BCUT2D eigenvalue weighted by Crippen LogP contribution is -2.33. The highest BCUT2D eigenvalue weighted by Gasteiger charge is 2.37. The lowest BCUT2D eigenvalue weighted by molar-refractivity contribution is 0.234. The lowest BCUT2D eigenvalue weighted by Gasteiger charge is -2.42. The summed E-state index contributed by atoms with van der Waals surface area (Å²) in [6.07, 6.45) is 22.3. The Labute approximate surface area is 253 Å². The van der Waals surface area contributed by atoms with Gasteiger partial charge in [0.2, 0.25) is 0 Å². The molecule has 3 atom stereocenters. The summed E-state index contributed by atoms with van der Waals surface area (Å²) in [6.45, 7) is 12.3. The van der Waals surface area contributed by atoms with Gasteiger partial charge in [0.25, 0.3) is 0 Å². The van der Waals surface area contributed by atoms with Crippen LogP contribution in [0.5, 0.6) is 0 Å². The van der Waals surface area contributed by atoms with Crippen LogP contribution < -0.4 is 0 Å². The molecule has 228 valence electrons. The maximum Gasteiger partial charge on any atom is 0.0705 e. The summed E-state index contributed by atoms with van der Waals surface area (Å²) in [5, 5.41) is 9.40. The summed E-state index contributed by atoms with van der Waals surface area (Å²) < 4.78 is 0. The molecular formula is C39H61NO. The molecule has 2 aliphatic rings. The molecule has 4 rings (SSSR count). The Morgan fingerprint density at radius 2 is 1.49 bits per heavy atom. The first-order valence-corrected chi connectivity index (χ1v) is 17.5. The standard InChI is InChI=1S/C39H61NO/c1-6-7-8-9-10-11-16-30(17-12-13-28-41)31-18-14-19-32(23-22-31)36-20-15-21-37(40-36)33-24-25-34-35(29-33)39(4,5)27-26-38(34,2)3/h15,20-21,24-25,29-32,41H,6-14,16-19,22-23,26-28H2,1-5H3. The van der Waals surface area contributed by atoms with Gasteiger partial charge in [0.15, 0.2) is 0 Å². The minimum atomic E-state index is 0.220. The number of hydrogen-bond donors (Lipinski definition) is 1. The first-order chi connectivity index (χ1) is 19.7. The van der Waals surface area contributed by atoms with Crippen LogP contribution in [0.1, 0.15) is 167 Å². The molecule has 0 saturated heterocycles. The lowest BCUT2D eigenvalue weighted by atomic mass is 9.63. The van der Waals surface area contributed by atoms with Gasteiger partial charge in [-0.15, -0.1) is 0 Å². The third kappa shape index (κ3) is 8.68. The molecule has 1 aromatic carbocycles. The second-order valence-electron chi connectivity index (χ2n) is 15.0. The molecule has 0 spiro atoms. The molecule has 1 aromatic heterocycles. The van der Waals surface area contributed by atoms with Gasteiger partial charge in [0.05, 0.1) is 5.69 Å². The van der Waals surface area contributed by atoms with Crippen LogP contribution in [0, 0.1) is 11.8 Å². The average Bonchev–Trinajstić information content (AvgIpc) is 3.23. The predicted molar refractivity (Wildman–Crippen MR) is 177 cm³/mol. The fourth-order valence-electron chi connectivity index (χ4n) is 8.01. The second-order valence-corrected chi connectivity index (χ2v) is 15.0. The van der Waals surface area contributed by atoms with Crippen molar-refractivity contribution in [2.24, 2.45) is 11.8 Å². The summed E-state index contributed by atoms with van der Waals surface area (Å²) in [4.78, 5) is 5.33. The molecule has 1 N–H and O–H groups in total. The number of unbranched alkanes of at least 4 members (excludes halogenated alkanes) is 6. The summed E-state index contributed by atoms with van der Waals surface area (Å²) >= 11 is 0. The van der Waals surface area contributed by atoms with Gasteiger partial charge in [0.1, 0.15) is 0 Å².